The highest BCUT2D eigenvalue weighted by atomic mass is 32.2. The number of thioether (sulfide) groups is 1. The molecule has 0 radical (unpaired) electrons. The van der Waals surface area contributed by atoms with Gasteiger partial charge in [-0.15, -0.1) is 0 Å². The number of methoxy groups -OCH3 is 2. The fraction of sp³-hybridized carbons (Fsp3) is 0.353. The Morgan fingerprint density at radius 1 is 1.26 bits per heavy atom. The molecule has 1 heterocycles. The lowest BCUT2D eigenvalue weighted by molar-refractivity contribution is -0.141. The lowest BCUT2D eigenvalue weighted by Gasteiger charge is -2.18. The van der Waals surface area contributed by atoms with E-state index in [4.69, 9.17) is 9.47 Å². The summed E-state index contributed by atoms with van der Waals surface area (Å²) in [6.45, 7) is 1.76. The first-order valence-electron chi connectivity index (χ1n) is 7.79. The highest BCUT2D eigenvalue weighted by Crippen LogP contribution is 2.30. The quantitative estimate of drug-likeness (QED) is 0.566. The Kier molecular flexibility index (Phi) is 6.89. The summed E-state index contributed by atoms with van der Waals surface area (Å²) in [7, 11) is 3.04. The van der Waals surface area contributed by atoms with E-state index in [-0.39, 0.29) is 16.8 Å². The van der Waals surface area contributed by atoms with Crippen LogP contribution in [-0.2, 0) is 11.0 Å². The van der Waals surface area contributed by atoms with Crippen LogP contribution in [0, 0.1) is 0 Å². The average molecular weight is 401 g/mol. The van der Waals surface area contributed by atoms with Crippen LogP contribution < -0.4 is 14.8 Å². The number of alkyl halides is 3. The van der Waals surface area contributed by atoms with Crippen LogP contribution in [0.4, 0.5) is 13.2 Å². The number of hydrogen-bond donors (Lipinski definition) is 1. The van der Waals surface area contributed by atoms with Gasteiger partial charge in [0.2, 0.25) is 5.91 Å². The Balaban J connectivity index is 2.00. The number of amides is 1. The van der Waals surface area contributed by atoms with Gasteiger partial charge < -0.3 is 14.8 Å². The molecule has 6 nitrogen and oxygen atoms in total. The Morgan fingerprint density at radius 2 is 2.00 bits per heavy atom. The zero-order valence-electron chi connectivity index (χ0n) is 14.8. The van der Waals surface area contributed by atoms with Crippen molar-refractivity contribution in [3.05, 3.63) is 41.7 Å². The van der Waals surface area contributed by atoms with E-state index in [9.17, 15) is 18.0 Å². The van der Waals surface area contributed by atoms with Gasteiger partial charge in [-0.3, -0.25) is 4.79 Å². The van der Waals surface area contributed by atoms with E-state index < -0.39 is 17.9 Å². The zero-order valence-corrected chi connectivity index (χ0v) is 15.6. The molecule has 0 aliphatic rings. The molecular weight excluding hydrogens is 383 g/mol. The first-order valence-corrected chi connectivity index (χ1v) is 8.77. The van der Waals surface area contributed by atoms with Crippen molar-refractivity contribution < 1.29 is 27.4 Å². The zero-order chi connectivity index (χ0) is 20.0. The minimum atomic E-state index is -4.56. The second-order valence-electron chi connectivity index (χ2n) is 5.41. The third-order valence-corrected chi connectivity index (χ3v) is 4.40. The second-order valence-corrected chi connectivity index (χ2v) is 6.35. The molecule has 2 aromatic rings. The summed E-state index contributed by atoms with van der Waals surface area (Å²) >= 11 is 0.823. The van der Waals surface area contributed by atoms with E-state index in [2.05, 4.69) is 15.3 Å². The smallest absolute Gasteiger partial charge is 0.433 e. The maximum Gasteiger partial charge on any atom is 0.433 e. The van der Waals surface area contributed by atoms with Crippen molar-refractivity contribution in [2.24, 2.45) is 0 Å². The molecule has 1 amide bonds. The number of aromatic nitrogens is 2. The Hall–Kier alpha value is -2.49. The summed E-state index contributed by atoms with van der Waals surface area (Å²) in [5.74, 6) is 0.687. The van der Waals surface area contributed by atoms with E-state index in [0.29, 0.717) is 17.1 Å². The van der Waals surface area contributed by atoms with Crippen molar-refractivity contribution in [2.45, 2.75) is 24.3 Å². The molecule has 0 saturated heterocycles. The number of nitrogens with zero attached hydrogens (tertiary/aromatic N) is 2. The Morgan fingerprint density at radius 3 is 2.63 bits per heavy atom. The molecule has 0 aliphatic carbocycles. The predicted octanol–water partition coefficient (Wildman–Crippen LogP) is 3.48. The van der Waals surface area contributed by atoms with Crippen molar-refractivity contribution in [1.82, 2.24) is 15.3 Å². The number of ether oxygens (including phenoxy) is 2. The van der Waals surface area contributed by atoms with Gasteiger partial charge in [-0.1, -0.05) is 11.8 Å². The molecule has 2 rings (SSSR count). The molecule has 1 N–H and O–H groups in total. The van der Waals surface area contributed by atoms with Gasteiger partial charge in [0.1, 0.15) is 17.2 Å². The van der Waals surface area contributed by atoms with Crippen molar-refractivity contribution in [3.8, 4) is 11.5 Å². The second kappa shape index (κ2) is 8.94. The molecule has 10 heteroatoms. The van der Waals surface area contributed by atoms with Crippen LogP contribution in [0.3, 0.4) is 0 Å². The largest absolute Gasteiger partial charge is 0.497 e. The maximum atomic E-state index is 12.7. The Labute approximate surface area is 158 Å². The molecule has 0 fully saturated rings. The summed E-state index contributed by atoms with van der Waals surface area (Å²) in [6, 6.07) is 5.58. The third kappa shape index (κ3) is 5.75. The standard InChI is InChI=1S/C17H18F3N3O3S/c1-10(12-8-11(25-2)4-5-13(12)26-3)22-15(24)9-27-16-21-7-6-14(23-16)17(18,19)20/h4-8,10H,9H2,1-3H3,(H,22,24)/t10-/m1/s1. The predicted molar refractivity (Wildman–Crippen MR) is 93.9 cm³/mol. The van der Waals surface area contributed by atoms with E-state index in [1.54, 1.807) is 25.1 Å². The van der Waals surface area contributed by atoms with Gasteiger partial charge in [0.05, 0.1) is 26.0 Å². The molecule has 0 saturated carbocycles. The van der Waals surface area contributed by atoms with Crippen molar-refractivity contribution in [2.75, 3.05) is 20.0 Å². The lowest BCUT2D eigenvalue weighted by atomic mass is 10.1. The van der Waals surface area contributed by atoms with Crippen LogP contribution in [0.5, 0.6) is 11.5 Å². The van der Waals surface area contributed by atoms with Crippen molar-refractivity contribution in [1.29, 1.82) is 0 Å². The third-order valence-electron chi connectivity index (χ3n) is 3.54. The van der Waals surface area contributed by atoms with Gasteiger partial charge in [0, 0.05) is 11.8 Å². The molecule has 0 spiro atoms. The number of hydrogen-bond acceptors (Lipinski definition) is 6. The summed E-state index contributed by atoms with van der Waals surface area (Å²) in [4.78, 5) is 19.3. The normalized spacial score (nSPS) is 12.4. The molecule has 0 bridgehead atoms. The first kappa shape index (κ1) is 20.8. The van der Waals surface area contributed by atoms with Crippen LogP contribution in [0.15, 0.2) is 35.6 Å². The van der Waals surface area contributed by atoms with E-state index in [1.165, 1.54) is 14.2 Å². The monoisotopic (exact) mass is 401 g/mol. The van der Waals surface area contributed by atoms with Gasteiger partial charge in [0.25, 0.3) is 0 Å². The number of benzene rings is 1. The number of carbonyl (C=O) groups excluding carboxylic acids is 1. The van der Waals surface area contributed by atoms with Gasteiger partial charge in [0.15, 0.2) is 5.16 Å². The number of carbonyl (C=O) groups is 1. The number of rotatable bonds is 7. The fourth-order valence-electron chi connectivity index (χ4n) is 2.24. The Bertz CT molecular complexity index is 802. The first-order chi connectivity index (χ1) is 12.7. The van der Waals surface area contributed by atoms with Crippen LogP contribution in [0.1, 0.15) is 24.2 Å². The van der Waals surface area contributed by atoms with Crippen molar-refractivity contribution in [3.63, 3.8) is 0 Å². The molecule has 0 aliphatic heterocycles. The van der Waals surface area contributed by atoms with Crippen LogP contribution in [-0.4, -0.2) is 35.8 Å². The van der Waals surface area contributed by atoms with Crippen molar-refractivity contribution >= 4 is 17.7 Å². The van der Waals surface area contributed by atoms with Gasteiger partial charge in [-0.25, -0.2) is 9.97 Å². The highest BCUT2D eigenvalue weighted by Gasteiger charge is 2.32. The number of halogens is 3. The minimum Gasteiger partial charge on any atom is -0.497 e. The topological polar surface area (TPSA) is 73.3 Å². The maximum absolute atomic E-state index is 12.7. The summed E-state index contributed by atoms with van der Waals surface area (Å²) in [5.41, 5.74) is -0.333. The molecule has 1 atom stereocenters. The SMILES string of the molecule is COc1ccc(OC)c([C@@H](C)NC(=O)CSc2nccc(C(F)(F)F)n2)c1. The van der Waals surface area contributed by atoms with Crippen LogP contribution >= 0.6 is 11.8 Å². The van der Waals surface area contributed by atoms with Crippen LogP contribution in [0.25, 0.3) is 0 Å². The summed E-state index contributed by atoms with van der Waals surface area (Å²) in [6.07, 6.45) is -3.54. The molecule has 1 aromatic carbocycles. The average Bonchev–Trinajstić information content (AvgIpc) is 2.65. The van der Waals surface area contributed by atoms with E-state index >= 15 is 0 Å². The molecular formula is C17H18F3N3O3S. The van der Waals surface area contributed by atoms with E-state index in [1.807, 2.05) is 0 Å². The van der Waals surface area contributed by atoms with Gasteiger partial charge in [-0.2, -0.15) is 13.2 Å². The molecule has 146 valence electrons. The highest BCUT2D eigenvalue weighted by molar-refractivity contribution is 7.99. The van der Waals surface area contributed by atoms with Gasteiger partial charge in [-0.05, 0) is 31.2 Å². The minimum absolute atomic E-state index is 0.119. The summed E-state index contributed by atoms with van der Waals surface area (Å²) in [5, 5.41) is 2.65. The molecule has 1 aromatic heterocycles. The lowest BCUT2D eigenvalue weighted by Crippen LogP contribution is -2.28. The molecule has 27 heavy (non-hydrogen) atoms. The van der Waals surface area contributed by atoms with Crippen LogP contribution in [0.2, 0.25) is 0 Å². The number of nitrogens with one attached hydrogen (secondary N) is 1. The molecule has 0 unspecified atom stereocenters. The van der Waals surface area contributed by atoms with E-state index in [0.717, 1.165) is 24.0 Å². The fourth-order valence-corrected chi connectivity index (χ4v) is 2.88. The summed E-state index contributed by atoms with van der Waals surface area (Å²) < 4.78 is 48.4. The van der Waals surface area contributed by atoms with Gasteiger partial charge >= 0.3 is 6.18 Å².